The fourth-order valence-electron chi connectivity index (χ4n) is 1.36. The van der Waals surface area contributed by atoms with E-state index in [-0.39, 0.29) is 5.75 Å². The van der Waals surface area contributed by atoms with E-state index in [1.807, 2.05) is 0 Å². The highest BCUT2D eigenvalue weighted by Gasteiger charge is 2.36. The summed E-state index contributed by atoms with van der Waals surface area (Å²) in [4.78, 5) is 0. The molecule has 0 spiro atoms. The van der Waals surface area contributed by atoms with Gasteiger partial charge in [0.25, 0.3) is 0 Å². The van der Waals surface area contributed by atoms with Crippen LogP contribution in [0.4, 0.5) is 13.2 Å². The lowest BCUT2D eigenvalue weighted by molar-refractivity contribution is -0.138. The zero-order valence-corrected chi connectivity index (χ0v) is 10.5. The van der Waals surface area contributed by atoms with E-state index in [0.717, 1.165) is 13.2 Å². The van der Waals surface area contributed by atoms with Crippen LogP contribution in [0, 0.1) is 0 Å². The lowest BCUT2D eigenvalue weighted by Gasteiger charge is -2.15. The maximum atomic E-state index is 12.6. The van der Waals surface area contributed by atoms with Gasteiger partial charge in [-0.15, -0.1) is 0 Å². The van der Waals surface area contributed by atoms with Gasteiger partial charge in [0.2, 0.25) is 9.05 Å². The van der Waals surface area contributed by atoms with E-state index in [9.17, 15) is 26.7 Å². The van der Waals surface area contributed by atoms with Crippen LogP contribution in [0.15, 0.2) is 12.1 Å². The second-order valence-corrected chi connectivity index (χ2v) is 6.10. The topological polar surface area (TPSA) is 63.6 Å². The largest absolute Gasteiger partial charge is 0.504 e. The minimum Gasteiger partial charge on any atom is -0.504 e. The maximum absolute atomic E-state index is 12.6. The third-order valence-electron chi connectivity index (χ3n) is 2.09. The second-order valence-electron chi connectivity index (χ2n) is 3.32. The van der Waals surface area contributed by atoms with Crippen molar-refractivity contribution >= 4 is 19.7 Å². The molecule has 1 aromatic carbocycles. The normalized spacial score (nSPS) is 12.5. The summed E-state index contributed by atoms with van der Waals surface area (Å²) in [6.45, 7) is 0. The Kier molecular flexibility index (Phi) is 4.02. The van der Waals surface area contributed by atoms with Crippen LogP contribution < -0.4 is 4.74 Å². The molecule has 0 aliphatic heterocycles. The van der Waals surface area contributed by atoms with Crippen molar-refractivity contribution < 1.29 is 31.4 Å². The SMILES string of the molecule is COc1ccc(C(F)(F)F)c(CS(=O)(=O)Cl)c1O. The first kappa shape index (κ1) is 14.9. The van der Waals surface area contributed by atoms with Crippen LogP contribution in [0.1, 0.15) is 11.1 Å². The van der Waals surface area contributed by atoms with Crippen molar-refractivity contribution in [1.29, 1.82) is 0 Å². The zero-order chi connectivity index (χ0) is 14.1. The molecular weight excluding hydrogens is 297 g/mol. The predicted molar refractivity (Wildman–Crippen MR) is 58.1 cm³/mol. The fourth-order valence-corrected chi connectivity index (χ4v) is 2.33. The quantitative estimate of drug-likeness (QED) is 0.871. The lowest BCUT2D eigenvalue weighted by Crippen LogP contribution is -2.11. The number of aromatic hydroxyl groups is 1. The summed E-state index contributed by atoms with van der Waals surface area (Å²) >= 11 is 0. The standard InChI is InChI=1S/C9H8ClF3O4S/c1-17-7-3-2-6(9(11,12)13)5(8(7)14)4-18(10,15)16/h2-3,14H,4H2,1H3. The molecule has 0 aliphatic rings. The van der Waals surface area contributed by atoms with Gasteiger partial charge in [0.1, 0.15) is 0 Å². The Morgan fingerprint density at radius 2 is 1.94 bits per heavy atom. The van der Waals surface area contributed by atoms with Crippen molar-refractivity contribution in [2.24, 2.45) is 0 Å². The first-order valence-corrected chi connectivity index (χ1v) is 6.92. The summed E-state index contributed by atoms with van der Waals surface area (Å²) in [6, 6.07) is 1.51. The van der Waals surface area contributed by atoms with Gasteiger partial charge in [-0.1, -0.05) is 0 Å². The van der Waals surface area contributed by atoms with Crippen molar-refractivity contribution in [2.75, 3.05) is 7.11 Å². The number of phenols is 1. The Labute approximate surface area is 105 Å². The number of methoxy groups -OCH3 is 1. The van der Waals surface area contributed by atoms with Crippen LogP contribution in [-0.2, 0) is 21.0 Å². The Morgan fingerprint density at radius 1 is 1.39 bits per heavy atom. The van der Waals surface area contributed by atoms with Crippen molar-refractivity contribution in [3.8, 4) is 11.5 Å². The van der Waals surface area contributed by atoms with Gasteiger partial charge in [-0.25, -0.2) is 8.42 Å². The highest BCUT2D eigenvalue weighted by atomic mass is 35.7. The van der Waals surface area contributed by atoms with Crippen LogP contribution in [0.5, 0.6) is 11.5 Å². The van der Waals surface area contributed by atoms with Crippen molar-refractivity contribution in [3.05, 3.63) is 23.3 Å². The first-order chi connectivity index (χ1) is 8.06. The molecule has 4 nitrogen and oxygen atoms in total. The van der Waals surface area contributed by atoms with Gasteiger partial charge in [0.15, 0.2) is 11.5 Å². The number of benzene rings is 1. The van der Waals surface area contributed by atoms with Gasteiger partial charge < -0.3 is 9.84 Å². The van der Waals surface area contributed by atoms with Gasteiger partial charge >= 0.3 is 6.18 Å². The van der Waals surface area contributed by atoms with Gasteiger partial charge in [-0.3, -0.25) is 0 Å². The molecule has 0 radical (unpaired) electrons. The van der Waals surface area contributed by atoms with E-state index in [2.05, 4.69) is 4.74 Å². The van der Waals surface area contributed by atoms with E-state index in [4.69, 9.17) is 10.7 Å². The molecule has 0 saturated heterocycles. The minimum atomic E-state index is -4.80. The van der Waals surface area contributed by atoms with E-state index in [0.29, 0.717) is 6.07 Å². The van der Waals surface area contributed by atoms with Gasteiger partial charge in [0, 0.05) is 16.2 Å². The molecular formula is C9H8ClF3O4S. The van der Waals surface area contributed by atoms with Crippen molar-refractivity contribution in [3.63, 3.8) is 0 Å². The highest BCUT2D eigenvalue weighted by Crippen LogP contribution is 2.41. The number of alkyl halides is 3. The molecule has 0 unspecified atom stereocenters. The Balaban J connectivity index is 3.50. The average Bonchev–Trinajstić information content (AvgIpc) is 2.17. The molecule has 0 fully saturated rings. The molecule has 0 aromatic heterocycles. The van der Waals surface area contributed by atoms with E-state index < -0.39 is 37.9 Å². The molecule has 0 amide bonds. The molecule has 18 heavy (non-hydrogen) atoms. The Hall–Kier alpha value is -1.15. The first-order valence-electron chi connectivity index (χ1n) is 4.44. The van der Waals surface area contributed by atoms with Crippen LogP contribution in [0.2, 0.25) is 0 Å². The molecule has 9 heteroatoms. The van der Waals surface area contributed by atoms with Crippen molar-refractivity contribution in [2.45, 2.75) is 11.9 Å². The summed E-state index contributed by atoms with van der Waals surface area (Å²) in [7, 11) is 1.79. The number of ether oxygens (including phenoxy) is 1. The van der Waals surface area contributed by atoms with Crippen LogP contribution in [0.25, 0.3) is 0 Å². The third kappa shape index (κ3) is 3.42. The second kappa shape index (κ2) is 4.85. The van der Waals surface area contributed by atoms with Crippen LogP contribution >= 0.6 is 10.7 Å². The molecule has 0 aliphatic carbocycles. The predicted octanol–water partition coefficient (Wildman–Crippen LogP) is 2.49. The monoisotopic (exact) mass is 304 g/mol. The Morgan fingerprint density at radius 3 is 2.33 bits per heavy atom. The van der Waals surface area contributed by atoms with E-state index in [1.165, 1.54) is 0 Å². The number of phenolic OH excluding ortho intramolecular Hbond substituents is 1. The molecule has 0 heterocycles. The van der Waals surface area contributed by atoms with E-state index in [1.54, 1.807) is 0 Å². The molecule has 1 rings (SSSR count). The van der Waals surface area contributed by atoms with Gasteiger partial charge in [0.05, 0.1) is 18.4 Å². The summed E-state index contributed by atoms with van der Waals surface area (Å²) in [6.07, 6.45) is -4.80. The average molecular weight is 305 g/mol. The minimum absolute atomic E-state index is 0.265. The number of rotatable bonds is 3. The lowest BCUT2D eigenvalue weighted by atomic mass is 10.1. The smallest absolute Gasteiger partial charge is 0.416 e. The van der Waals surface area contributed by atoms with E-state index >= 15 is 0 Å². The molecule has 1 N–H and O–H groups in total. The summed E-state index contributed by atoms with van der Waals surface area (Å²) in [5.74, 6) is -2.30. The molecule has 0 bridgehead atoms. The van der Waals surface area contributed by atoms with Crippen LogP contribution in [-0.4, -0.2) is 20.6 Å². The van der Waals surface area contributed by atoms with Crippen molar-refractivity contribution in [1.82, 2.24) is 0 Å². The highest BCUT2D eigenvalue weighted by molar-refractivity contribution is 8.13. The molecule has 0 atom stereocenters. The fraction of sp³-hybridized carbons (Fsp3) is 0.333. The Bertz CT molecular complexity index is 554. The number of hydrogen-bond donors (Lipinski definition) is 1. The zero-order valence-electron chi connectivity index (χ0n) is 8.95. The number of halogens is 4. The van der Waals surface area contributed by atoms with Crippen LogP contribution in [0.3, 0.4) is 0 Å². The summed E-state index contributed by atoms with van der Waals surface area (Å²) < 4.78 is 64.3. The third-order valence-corrected chi connectivity index (χ3v) is 3.05. The van der Waals surface area contributed by atoms with Gasteiger partial charge in [-0.05, 0) is 12.1 Å². The molecule has 0 saturated carbocycles. The molecule has 1 aromatic rings. The summed E-state index contributed by atoms with van der Waals surface area (Å²) in [5.41, 5.74) is -2.11. The van der Waals surface area contributed by atoms with Gasteiger partial charge in [-0.2, -0.15) is 13.2 Å². The number of hydrogen-bond acceptors (Lipinski definition) is 4. The molecule has 102 valence electrons. The maximum Gasteiger partial charge on any atom is 0.416 e. The summed E-state index contributed by atoms with van der Waals surface area (Å²) in [5, 5.41) is 9.55.